The summed E-state index contributed by atoms with van der Waals surface area (Å²) in [7, 11) is 0. The van der Waals surface area contributed by atoms with Gasteiger partial charge in [0, 0.05) is 0 Å². The Kier molecular flexibility index (Phi) is 5.72. The Bertz CT molecular complexity index is 700. The highest BCUT2D eigenvalue weighted by atomic mass is 14.3. The van der Waals surface area contributed by atoms with Crippen LogP contribution in [0.15, 0.2) is 36.4 Å². The fourth-order valence-electron chi connectivity index (χ4n) is 3.32. The van der Waals surface area contributed by atoms with Gasteiger partial charge in [-0.3, -0.25) is 0 Å². The van der Waals surface area contributed by atoms with E-state index >= 15 is 0 Å². The molecule has 0 aromatic heterocycles. The zero-order valence-corrected chi connectivity index (χ0v) is 20.5. The molecule has 0 spiro atoms. The molecule has 0 aliphatic carbocycles. The van der Waals surface area contributed by atoms with Crippen LogP contribution in [-0.4, -0.2) is 0 Å². The Hall–Kier alpha value is -1.56. The molecule has 154 valence electrons. The lowest BCUT2D eigenvalue weighted by atomic mass is 9.76. The molecule has 0 N–H and O–H groups in total. The minimum absolute atomic E-state index is 0.129. The molecule has 2 rings (SSSR count). The van der Waals surface area contributed by atoms with E-state index in [0.717, 1.165) is 0 Å². The van der Waals surface area contributed by atoms with Crippen molar-refractivity contribution < 1.29 is 0 Å². The first kappa shape index (κ1) is 22.7. The van der Waals surface area contributed by atoms with Crippen molar-refractivity contribution in [2.75, 3.05) is 0 Å². The summed E-state index contributed by atoms with van der Waals surface area (Å²) in [5, 5.41) is 0. The fraction of sp³-hybridized carbons (Fsp3) is 0.571. The maximum Gasteiger partial charge on any atom is -0.0132 e. The second-order valence-electron chi connectivity index (χ2n) is 12.6. The molecule has 0 bridgehead atoms. The lowest BCUT2D eigenvalue weighted by Gasteiger charge is -2.28. The van der Waals surface area contributed by atoms with E-state index in [4.69, 9.17) is 0 Å². The zero-order chi connectivity index (χ0) is 21.7. The van der Waals surface area contributed by atoms with Gasteiger partial charge in [-0.2, -0.15) is 0 Å². The van der Waals surface area contributed by atoms with Crippen LogP contribution < -0.4 is 0 Å². The monoisotopic (exact) mass is 378 g/mol. The maximum absolute atomic E-state index is 2.41. The van der Waals surface area contributed by atoms with E-state index in [0.29, 0.717) is 0 Å². The second kappa shape index (κ2) is 7.05. The highest BCUT2D eigenvalue weighted by Gasteiger charge is 2.24. The quantitative estimate of drug-likeness (QED) is 0.466. The Morgan fingerprint density at radius 2 is 0.500 bits per heavy atom. The third-order valence-electron chi connectivity index (χ3n) is 5.66. The van der Waals surface area contributed by atoms with E-state index in [-0.39, 0.29) is 21.7 Å². The van der Waals surface area contributed by atoms with Crippen molar-refractivity contribution >= 4 is 0 Å². The van der Waals surface area contributed by atoms with Gasteiger partial charge in [-0.1, -0.05) is 119 Å². The SMILES string of the molecule is CC(C)(C)c1cc(-c2cc(C(C)(C)C)cc(C(C)(C)C)c2)cc(C(C)(C)C)c1. The van der Waals surface area contributed by atoms with Gasteiger partial charge in [0.25, 0.3) is 0 Å². The Balaban J connectivity index is 2.83. The van der Waals surface area contributed by atoms with Crippen molar-refractivity contribution in [3.8, 4) is 11.1 Å². The van der Waals surface area contributed by atoms with E-state index in [2.05, 4.69) is 119 Å². The molecule has 0 saturated heterocycles. The molecule has 0 fully saturated rings. The van der Waals surface area contributed by atoms with E-state index in [1.807, 2.05) is 0 Å². The molecule has 0 saturated carbocycles. The molecule has 0 atom stereocenters. The van der Waals surface area contributed by atoms with Crippen LogP contribution in [-0.2, 0) is 21.7 Å². The van der Waals surface area contributed by atoms with Gasteiger partial charge in [-0.15, -0.1) is 0 Å². The first-order chi connectivity index (χ1) is 12.4. The molecular formula is C28H42. The molecule has 2 aromatic carbocycles. The summed E-state index contributed by atoms with van der Waals surface area (Å²) >= 11 is 0. The summed E-state index contributed by atoms with van der Waals surface area (Å²) in [5.41, 5.74) is 8.84. The first-order valence-corrected chi connectivity index (χ1v) is 10.7. The number of hydrogen-bond acceptors (Lipinski definition) is 0. The molecule has 2 aromatic rings. The smallest absolute Gasteiger partial charge is 0.0132 e. The highest BCUT2D eigenvalue weighted by Crippen LogP contribution is 2.37. The summed E-state index contributed by atoms with van der Waals surface area (Å²) in [6, 6.07) is 14.4. The molecule has 0 heterocycles. The average Bonchev–Trinajstić information content (AvgIpc) is 2.50. The number of rotatable bonds is 1. The summed E-state index contributed by atoms with van der Waals surface area (Å²) in [4.78, 5) is 0. The summed E-state index contributed by atoms with van der Waals surface area (Å²) in [6.45, 7) is 27.7. The predicted molar refractivity (Wildman–Crippen MR) is 127 cm³/mol. The summed E-state index contributed by atoms with van der Waals surface area (Å²) in [6.07, 6.45) is 0. The van der Waals surface area contributed by atoms with Crippen molar-refractivity contribution in [2.45, 2.75) is 105 Å². The van der Waals surface area contributed by atoms with Crippen LogP contribution in [0.3, 0.4) is 0 Å². The van der Waals surface area contributed by atoms with Crippen LogP contribution in [0.2, 0.25) is 0 Å². The minimum Gasteiger partial charge on any atom is -0.0561 e. The zero-order valence-electron chi connectivity index (χ0n) is 20.5. The average molecular weight is 379 g/mol. The van der Waals surface area contributed by atoms with Crippen molar-refractivity contribution in [3.05, 3.63) is 58.7 Å². The standard InChI is InChI=1S/C28H42/c1-25(2,3)21-13-19(14-22(17-21)26(4,5)6)20-15-23(27(7,8)9)18-24(16-20)28(10,11)12/h13-18H,1-12H3. The van der Waals surface area contributed by atoms with Crippen LogP contribution in [0.5, 0.6) is 0 Å². The van der Waals surface area contributed by atoms with Gasteiger partial charge in [0.2, 0.25) is 0 Å². The second-order valence-corrected chi connectivity index (χ2v) is 12.6. The van der Waals surface area contributed by atoms with Crippen molar-refractivity contribution in [2.24, 2.45) is 0 Å². The molecule has 0 unspecified atom stereocenters. The van der Waals surface area contributed by atoms with E-state index in [1.165, 1.54) is 33.4 Å². The van der Waals surface area contributed by atoms with Gasteiger partial charge in [0.15, 0.2) is 0 Å². The van der Waals surface area contributed by atoms with Crippen LogP contribution >= 0.6 is 0 Å². The van der Waals surface area contributed by atoms with Crippen LogP contribution in [0.4, 0.5) is 0 Å². The van der Waals surface area contributed by atoms with E-state index < -0.39 is 0 Å². The normalized spacial score (nSPS) is 13.7. The van der Waals surface area contributed by atoms with Gasteiger partial charge in [0.1, 0.15) is 0 Å². The molecule has 0 amide bonds. The molecule has 0 aliphatic heterocycles. The number of benzene rings is 2. The van der Waals surface area contributed by atoms with Crippen LogP contribution in [0.25, 0.3) is 11.1 Å². The molecule has 28 heavy (non-hydrogen) atoms. The summed E-state index contributed by atoms with van der Waals surface area (Å²) < 4.78 is 0. The Labute approximate surface area is 174 Å². The van der Waals surface area contributed by atoms with Gasteiger partial charge in [-0.25, -0.2) is 0 Å². The topological polar surface area (TPSA) is 0 Å². The lowest BCUT2D eigenvalue weighted by Crippen LogP contribution is -2.18. The van der Waals surface area contributed by atoms with Gasteiger partial charge in [0.05, 0.1) is 0 Å². The van der Waals surface area contributed by atoms with Gasteiger partial charge in [-0.05, 0) is 55.0 Å². The lowest BCUT2D eigenvalue weighted by molar-refractivity contribution is 0.567. The Morgan fingerprint density at radius 1 is 0.321 bits per heavy atom. The van der Waals surface area contributed by atoms with Crippen LogP contribution in [0.1, 0.15) is 105 Å². The third-order valence-corrected chi connectivity index (χ3v) is 5.66. The van der Waals surface area contributed by atoms with E-state index in [1.54, 1.807) is 0 Å². The third kappa shape index (κ3) is 5.28. The largest absolute Gasteiger partial charge is 0.0561 e. The summed E-state index contributed by atoms with van der Waals surface area (Å²) in [5.74, 6) is 0. The Morgan fingerprint density at radius 3 is 0.643 bits per heavy atom. The maximum atomic E-state index is 2.41. The van der Waals surface area contributed by atoms with Crippen molar-refractivity contribution in [3.63, 3.8) is 0 Å². The van der Waals surface area contributed by atoms with Gasteiger partial charge < -0.3 is 0 Å². The predicted octanol–water partition coefficient (Wildman–Crippen LogP) is 8.54. The number of hydrogen-bond donors (Lipinski definition) is 0. The molecular weight excluding hydrogens is 336 g/mol. The van der Waals surface area contributed by atoms with Gasteiger partial charge >= 0.3 is 0 Å². The highest BCUT2D eigenvalue weighted by molar-refractivity contribution is 5.68. The molecule has 0 nitrogen and oxygen atoms in total. The van der Waals surface area contributed by atoms with Crippen LogP contribution in [0, 0.1) is 0 Å². The minimum atomic E-state index is 0.129. The van der Waals surface area contributed by atoms with Crippen molar-refractivity contribution in [1.82, 2.24) is 0 Å². The molecule has 0 aliphatic rings. The fourth-order valence-corrected chi connectivity index (χ4v) is 3.32. The molecule has 0 radical (unpaired) electrons. The van der Waals surface area contributed by atoms with E-state index in [9.17, 15) is 0 Å². The first-order valence-electron chi connectivity index (χ1n) is 10.7. The van der Waals surface area contributed by atoms with Crippen molar-refractivity contribution in [1.29, 1.82) is 0 Å². The molecule has 0 heteroatoms.